The van der Waals surface area contributed by atoms with Crippen LogP contribution in [0.2, 0.25) is 5.02 Å². The molecule has 120 valence electrons. The first-order valence-electron chi connectivity index (χ1n) is 7.50. The Labute approximate surface area is 139 Å². The number of pyridine rings is 1. The smallest absolute Gasteiger partial charge is 0.256 e. The largest absolute Gasteiger partial charge is 0.381 e. The molecule has 1 aromatic heterocycles. The number of rotatable bonds is 4. The number of nitrogens with zero attached hydrogens (tertiary/aromatic N) is 1. The first-order chi connectivity index (χ1) is 11.2. The maximum atomic E-state index is 12.4. The molecular formula is C17H18ClN3O2. The predicted molar refractivity (Wildman–Crippen MR) is 89.7 cm³/mol. The van der Waals surface area contributed by atoms with Crippen molar-refractivity contribution >= 4 is 23.3 Å². The molecule has 0 spiro atoms. The van der Waals surface area contributed by atoms with Crippen LogP contribution in [-0.4, -0.2) is 24.1 Å². The van der Waals surface area contributed by atoms with E-state index in [0.29, 0.717) is 35.5 Å². The predicted octanol–water partition coefficient (Wildman–Crippen LogP) is 2.95. The number of aromatic nitrogens is 1. The number of ether oxygens (including phenoxy) is 1. The molecule has 3 rings (SSSR count). The molecule has 0 radical (unpaired) electrons. The van der Waals surface area contributed by atoms with Gasteiger partial charge in [0.15, 0.2) is 0 Å². The maximum Gasteiger partial charge on any atom is 0.256 e. The van der Waals surface area contributed by atoms with Gasteiger partial charge in [-0.15, -0.1) is 0 Å². The van der Waals surface area contributed by atoms with Gasteiger partial charge >= 0.3 is 0 Å². The second-order valence-corrected chi connectivity index (χ2v) is 5.98. The molecule has 5 nitrogen and oxygen atoms in total. The van der Waals surface area contributed by atoms with Crippen molar-refractivity contribution in [2.75, 3.05) is 18.5 Å². The van der Waals surface area contributed by atoms with Gasteiger partial charge in [-0.3, -0.25) is 4.79 Å². The summed E-state index contributed by atoms with van der Waals surface area (Å²) in [4.78, 5) is 16.6. The zero-order valence-electron chi connectivity index (χ0n) is 12.6. The van der Waals surface area contributed by atoms with Crippen molar-refractivity contribution in [2.24, 2.45) is 5.73 Å². The Balaban J connectivity index is 1.77. The number of halogens is 1. The van der Waals surface area contributed by atoms with Gasteiger partial charge in [-0.25, -0.2) is 4.98 Å². The second kappa shape index (κ2) is 7.08. The Hall–Kier alpha value is -1.95. The Bertz CT molecular complexity index is 715. The molecule has 6 heteroatoms. The molecule has 2 aromatic rings. The van der Waals surface area contributed by atoms with E-state index in [9.17, 15) is 4.79 Å². The number of nitrogens with two attached hydrogens (primary N) is 1. The van der Waals surface area contributed by atoms with Crippen LogP contribution in [0.3, 0.4) is 0 Å². The van der Waals surface area contributed by atoms with Crippen LogP contribution in [0.25, 0.3) is 0 Å². The number of benzene rings is 1. The van der Waals surface area contributed by atoms with Crippen LogP contribution in [0.1, 0.15) is 33.8 Å². The van der Waals surface area contributed by atoms with E-state index >= 15 is 0 Å². The third-order valence-electron chi connectivity index (χ3n) is 3.88. The van der Waals surface area contributed by atoms with E-state index in [1.807, 2.05) is 12.1 Å². The van der Waals surface area contributed by atoms with Gasteiger partial charge in [-0.05, 0) is 47.9 Å². The molecule has 1 aromatic carbocycles. The summed E-state index contributed by atoms with van der Waals surface area (Å²) in [5, 5.41) is 3.30. The fraction of sp³-hybridized carbons (Fsp3) is 0.294. The van der Waals surface area contributed by atoms with Crippen molar-refractivity contribution in [3.63, 3.8) is 0 Å². The van der Waals surface area contributed by atoms with Gasteiger partial charge in [0.2, 0.25) is 0 Å². The average molecular weight is 332 g/mol. The van der Waals surface area contributed by atoms with Gasteiger partial charge < -0.3 is 15.8 Å². The first kappa shape index (κ1) is 15.9. The monoisotopic (exact) mass is 331 g/mol. The highest BCUT2D eigenvalue weighted by molar-refractivity contribution is 6.31. The third kappa shape index (κ3) is 3.88. The number of hydrogen-bond acceptors (Lipinski definition) is 4. The maximum absolute atomic E-state index is 12.4. The Kier molecular flexibility index (Phi) is 4.91. The second-order valence-electron chi connectivity index (χ2n) is 5.54. The number of nitrogens with one attached hydrogen (secondary N) is 1. The van der Waals surface area contributed by atoms with Crippen molar-refractivity contribution in [3.05, 3.63) is 58.2 Å². The lowest BCUT2D eigenvalue weighted by molar-refractivity contribution is 0.102. The van der Waals surface area contributed by atoms with Gasteiger partial charge in [0.25, 0.3) is 5.91 Å². The molecule has 23 heavy (non-hydrogen) atoms. The minimum atomic E-state index is -0.255. The molecule has 1 saturated heterocycles. The fourth-order valence-corrected chi connectivity index (χ4v) is 2.91. The van der Waals surface area contributed by atoms with Crippen molar-refractivity contribution in [1.29, 1.82) is 0 Å². The van der Waals surface area contributed by atoms with Crippen LogP contribution in [-0.2, 0) is 11.3 Å². The number of anilines is 1. The molecule has 0 aliphatic carbocycles. The van der Waals surface area contributed by atoms with E-state index in [2.05, 4.69) is 10.3 Å². The summed E-state index contributed by atoms with van der Waals surface area (Å²) < 4.78 is 5.41. The van der Waals surface area contributed by atoms with Gasteiger partial charge in [0, 0.05) is 35.9 Å². The Morgan fingerprint density at radius 3 is 3.00 bits per heavy atom. The highest BCUT2D eigenvalue weighted by Crippen LogP contribution is 2.26. The molecular weight excluding hydrogens is 314 g/mol. The lowest BCUT2D eigenvalue weighted by atomic mass is 10.00. The van der Waals surface area contributed by atoms with Gasteiger partial charge in [-0.2, -0.15) is 0 Å². The van der Waals surface area contributed by atoms with Crippen LogP contribution in [0.4, 0.5) is 5.82 Å². The van der Waals surface area contributed by atoms with E-state index in [0.717, 1.165) is 24.2 Å². The molecule has 0 unspecified atom stereocenters. The number of amides is 1. The molecule has 0 bridgehead atoms. The van der Waals surface area contributed by atoms with Crippen LogP contribution in [0.15, 0.2) is 36.5 Å². The van der Waals surface area contributed by atoms with Crippen LogP contribution < -0.4 is 11.1 Å². The standard InChI is InChI=1S/C17H18ClN3O2/c18-15-6-11(9-19)5-14(7-15)17(22)21-16-8-12(1-3-20-16)13-2-4-23-10-13/h1,3,5-8,13H,2,4,9-10,19H2,(H,20,21,22)/t13-/m0/s1. The third-order valence-corrected chi connectivity index (χ3v) is 4.10. The summed E-state index contributed by atoms with van der Waals surface area (Å²) in [6.45, 7) is 1.82. The summed E-state index contributed by atoms with van der Waals surface area (Å²) in [6.07, 6.45) is 2.69. The number of carbonyl (C=O) groups excluding carboxylic acids is 1. The molecule has 1 aliphatic rings. The lowest BCUT2D eigenvalue weighted by Crippen LogP contribution is -2.14. The summed E-state index contributed by atoms with van der Waals surface area (Å²) in [5.74, 6) is 0.631. The Morgan fingerprint density at radius 2 is 2.26 bits per heavy atom. The van der Waals surface area contributed by atoms with Gasteiger partial charge in [0.05, 0.1) is 6.61 Å². The molecule has 1 aliphatic heterocycles. The van der Waals surface area contributed by atoms with E-state index < -0.39 is 0 Å². The zero-order valence-corrected chi connectivity index (χ0v) is 13.3. The summed E-state index contributed by atoms with van der Waals surface area (Å²) >= 11 is 6.02. The quantitative estimate of drug-likeness (QED) is 0.903. The highest BCUT2D eigenvalue weighted by Gasteiger charge is 2.18. The summed E-state index contributed by atoms with van der Waals surface area (Å²) in [5.41, 5.74) is 8.02. The van der Waals surface area contributed by atoms with E-state index in [-0.39, 0.29) is 5.91 Å². The molecule has 1 amide bonds. The zero-order chi connectivity index (χ0) is 16.2. The minimum Gasteiger partial charge on any atom is -0.381 e. The number of hydrogen-bond donors (Lipinski definition) is 2. The van der Waals surface area contributed by atoms with Crippen molar-refractivity contribution in [1.82, 2.24) is 4.98 Å². The van der Waals surface area contributed by atoms with Crippen molar-refractivity contribution in [2.45, 2.75) is 18.9 Å². The van der Waals surface area contributed by atoms with Gasteiger partial charge in [0.1, 0.15) is 5.82 Å². The van der Waals surface area contributed by atoms with Crippen LogP contribution >= 0.6 is 11.6 Å². The molecule has 1 atom stereocenters. The van der Waals surface area contributed by atoms with E-state index in [1.165, 1.54) is 0 Å². The van der Waals surface area contributed by atoms with Gasteiger partial charge in [-0.1, -0.05) is 11.6 Å². The summed E-state index contributed by atoms with van der Waals surface area (Å²) in [7, 11) is 0. The Morgan fingerprint density at radius 1 is 1.39 bits per heavy atom. The highest BCUT2D eigenvalue weighted by atomic mass is 35.5. The normalized spacial score (nSPS) is 17.2. The topological polar surface area (TPSA) is 77.2 Å². The molecule has 3 N–H and O–H groups in total. The fourth-order valence-electron chi connectivity index (χ4n) is 2.65. The van der Waals surface area contributed by atoms with E-state index in [4.69, 9.17) is 22.1 Å². The molecule has 1 fully saturated rings. The van der Waals surface area contributed by atoms with Crippen molar-refractivity contribution in [3.8, 4) is 0 Å². The van der Waals surface area contributed by atoms with Crippen LogP contribution in [0.5, 0.6) is 0 Å². The first-order valence-corrected chi connectivity index (χ1v) is 7.88. The van der Waals surface area contributed by atoms with E-state index in [1.54, 1.807) is 24.4 Å². The van der Waals surface area contributed by atoms with Crippen LogP contribution in [0, 0.1) is 0 Å². The molecule has 2 heterocycles. The van der Waals surface area contributed by atoms with Crippen molar-refractivity contribution < 1.29 is 9.53 Å². The number of carbonyl (C=O) groups is 1. The minimum absolute atomic E-state index is 0.255. The summed E-state index contributed by atoms with van der Waals surface area (Å²) in [6, 6.07) is 8.95. The average Bonchev–Trinajstić information content (AvgIpc) is 3.09. The SMILES string of the molecule is NCc1cc(Cl)cc(C(=O)Nc2cc([C@H]3CCOC3)ccn2)c1. The lowest BCUT2D eigenvalue weighted by Gasteiger charge is -2.11. The molecule has 0 saturated carbocycles.